The highest BCUT2D eigenvalue weighted by Gasteiger charge is 2.31. The van der Waals surface area contributed by atoms with Crippen molar-refractivity contribution in [1.29, 1.82) is 0 Å². The Morgan fingerprint density at radius 3 is 2.83 bits per heavy atom. The molecule has 1 heterocycles. The van der Waals surface area contributed by atoms with Crippen LogP contribution in [0.1, 0.15) is 37.8 Å². The molecule has 3 rings (SSSR count). The van der Waals surface area contributed by atoms with Gasteiger partial charge in [-0.1, -0.05) is 28.1 Å². The fourth-order valence-corrected chi connectivity index (χ4v) is 3.25. The monoisotopic (exact) mass is 308 g/mol. The fourth-order valence-electron chi connectivity index (χ4n) is 2.84. The molecule has 0 bridgehead atoms. The fraction of sp³-hybridized carbons (Fsp3) is 0.600. The summed E-state index contributed by atoms with van der Waals surface area (Å²) >= 11 is 3.56. The molecule has 0 amide bonds. The first kappa shape index (κ1) is 12.6. The third-order valence-electron chi connectivity index (χ3n) is 4.15. The molecule has 3 heteroatoms. The van der Waals surface area contributed by atoms with Gasteiger partial charge in [-0.25, -0.2) is 0 Å². The summed E-state index contributed by atoms with van der Waals surface area (Å²) < 4.78 is 1.18. The number of halogens is 1. The summed E-state index contributed by atoms with van der Waals surface area (Å²) in [5.41, 5.74) is 1.41. The predicted octanol–water partition coefficient (Wildman–Crippen LogP) is 3.34. The number of hydrogen-bond donors (Lipinski definition) is 1. The third-order valence-corrected chi connectivity index (χ3v) is 4.64. The van der Waals surface area contributed by atoms with Gasteiger partial charge in [-0.05, 0) is 43.9 Å². The molecule has 18 heavy (non-hydrogen) atoms. The van der Waals surface area contributed by atoms with Gasteiger partial charge in [0.2, 0.25) is 0 Å². The Morgan fingerprint density at radius 1 is 1.28 bits per heavy atom. The van der Waals surface area contributed by atoms with Crippen molar-refractivity contribution in [1.82, 2.24) is 10.2 Å². The van der Waals surface area contributed by atoms with Crippen LogP contribution in [0.4, 0.5) is 0 Å². The number of nitrogens with zero attached hydrogens (tertiary/aromatic N) is 1. The first-order valence-corrected chi connectivity index (χ1v) is 7.77. The molecule has 0 radical (unpaired) electrons. The normalized spacial score (nSPS) is 26.4. The van der Waals surface area contributed by atoms with E-state index < -0.39 is 0 Å². The molecule has 1 saturated heterocycles. The maximum Gasteiger partial charge on any atom is 0.0320 e. The molecular formula is C15H21BrN2. The maximum atomic E-state index is 3.75. The van der Waals surface area contributed by atoms with Gasteiger partial charge >= 0.3 is 0 Å². The van der Waals surface area contributed by atoms with E-state index in [1.807, 2.05) is 0 Å². The van der Waals surface area contributed by atoms with Gasteiger partial charge in [0.1, 0.15) is 0 Å². The number of likely N-dealkylation sites (tertiary alicyclic amines) is 1. The van der Waals surface area contributed by atoms with Crippen LogP contribution in [0.15, 0.2) is 28.7 Å². The lowest BCUT2D eigenvalue weighted by atomic mass is 10.1. The van der Waals surface area contributed by atoms with Gasteiger partial charge in [0.05, 0.1) is 0 Å². The van der Waals surface area contributed by atoms with Crippen molar-refractivity contribution >= 4 is 15.9 Å². The lowest BCUT2D eigenvalue weighted by Crippen LogP contribution is -2.34. The van der Waals surface area contributed by atoms with Gasteiger partial charge < -0.3 is 5.32 Å². The van der Waals surface area contributed by atoms with Gasteiger partial charge in [-0.15, -0.1) is 0 Å². The second-order valence-electron chi connectivity index (χ2n) is 5.65. The van der Waals surface area contributed by atoms with Crippen LogP contribution in [-0.4, -0.2) is 30.1 Å². The van der Waals surface area contributed by atoms with E-state index in [1.54, 1.807) is 0 Å². The molecule has 1 aromatic rings. The van der Waals surface area contributed by atoms with Crippen molar-refractivity contribution in [3.63, 3.8) is 0 Å². The standard InChI is InChI=1S/C15H21BrN2/c1-11(12-3-2-4-13(16)9-12)18-8-7-15(10-18)17-14-5-6-14/h2-4,9,11,14-15,17H,5-8,10H2,1H3. The summed E-state index contributed by atoms with van der Waals surface area (Å²) in [6.45, 7) is 4.74. The predicted molar refractivity (Wildman–Crippen MR) is 78.7 cm³/mol. The highest BCUT2D eigenvalue weighted by molar-refractivity contribution is 9.10. The molecule has 1 aromatic carbocycles. The largest absolute Gasteiger partial charge is 0.310 e. The molecular weight excluding hydrogens is 288 g/mol. The maximum absolute atomic E-state index is 3.75. The SMILES string of the molecule is CC(c1cccc(Br)c1)N1CCC(NC2CC2)C1. The molecule has 1 N–H and O–H groups in total. The summed E-state index contributed by atoms with van der Waals surface area (Å²) in [7, 11) is 0. The van der Waals surface area contributed by atoms with Gasteiger partial charge in [-0.2, -0.15) is 0 Å². The van der Waals surface area contributed by atoms with Crippen LogP contribution in [0.3, 0.4) is 0 Å². The van der Waals surface area contributed by atoms with Crippen LogP contribution < -0.4 is 5.32 Å². The van der Waals surface area contributed by atoms with E-state index >= 15 is 0 Å². The second kappa shape index (κ2) is 5.32. The van der Waals surface area contributed by atoms with E-state index in [1.165, 1.54) is 42.4 Å². The highest BCUT2D eigenvalue weighted by Crippen LogP contribution is 2.28. The topological polar surface area (TPSA) is 15.3 Å². The number of benzene rings is 1. The second-order valence-corrected chi connectivity index (χ2v) is 6.57. The molecule has 2 nitrogen and oxygen atoms in total. The summed E-state index contributed by atoms with van der Waals surface area (Å²) in [6, 6.07) is 10.8. The molecule has 0 aromatic heterocycles. The minimum Gasteiger partial charge on any atom is -0.310 e. The van der Waals surface area contributed by atoms with Gasteiger partial charge in [0, 0.05) is 35.7 Å². The number of nitrogens with one attached hydrogen (secondary N) is 1. The van der Waals surface area contributed by atoms with Gasteiger partial charge in [-0.3, -0.25) is 4.90 Å². The number of hydrogen-bond acceptors (Lipinski definition) is 2. The van der Waals surface area contributed by atoms with E-state index in [9.17, 15) is 0 Å². The zero-order valence-electron chi connectivity index (χ0n) is 10.9. The quantitative estimate of drug-likeness (QED) is 0.918. The van der Waals surface area contributed by atoms with E-state index in [2.05, 4.69) is 57.3 Å². The average molecular weight is 309 g/mol. The smallest absolute Gasteiger partial charge is 0.0320 e. The zero-order valence-corrected chi connectivity index (χ0v) is 12.5. The Bertz CT molecular complexity index is 417. The lowest BCUT2D eigenvalue weighted by Gasteiger charge is -2.25. The highest BCUT2D eigenvalue weighted by atomic mass is 79.9. The molecule has 1 aliphatic carbocycles. The van der Waals surface area contributed by atoms with Crippen molar-refractivity contribution in [2.24, 2.45) is 0 Å². The number of rotatable bonds is 4. The van der Waals surface area contributed by atoms with E-state index in [0.29, 0.717) is 12.1 Å². The van der Waals surface area contributed by atoms with Crippen molar-refractivity contribution in [2.75, 3.05) is 13.1 Å². The Balaban J connectivity index is 1.60. The van der Waals surface area contributed by atoms with Crippen LogP contribution in [-0.2, 0) is 0 Å². The van der Waals surface area contributed by atoms with E-state index in [4.69, 9.17) is 0 Å². The molecule has 98 valence electrons. The van der Waals surface area contributed by atoms with E-state index in [-0.39, 0.29) is 0 Å². The Kier molecular flexibility index (Phi) is 3.73. The molecule has 0 spiro atoms. The van der Waals surface area contributed by atoms with Crippen molar-refractivity contribution in [3.8, 4) is 0 Å². The van der Waals surface area contributed by atoms with Gasteiger partial charge in [0.15, 0.2) is 0 Å². The summed E-state index contributed by atoms with van der Waals surface area (Å²) in [5.74, 6) is 0. The van der Waals surface area contributed by atoms with E-state index in [0.717, 1.165) is 6.04 Å². The minimum atomic E-state index is 0.522. The first-order valence-electron chi connectivity index (χ1n) is 6.98. The third kappa shape index (κ3) is 2.95. The molecule has 2 unspecified atom stereocenters. The lowest BCUT2D eigenvalue weighted by molar-refractivity contribution is 0.255. The molecule has 2 fully saturated rings. The Morgan fingerprint density at radius 2 is 2.11 bits per heavy atom. The molecule has 2 atom stereocenters. The van der Waals surface area contributed by atoms with Crippen molar-refractivity contribution < 1.29 is 0 Å². The Hall–Kier alpha value is -0.380. The molecule has 1 saturated carbocycles. The summed E-state index contributed by atoms with van der Waals surface area (Å²) in [5, 5.41) is 3.75. The molecule has 1 aliphatic heterocycles. The zero-order chi connectivity index (χ0) is 12.5. The van der Waals surface area contributed by atoms with Crippen molar-refractivity contribution in [3.05, 3.63) is 34.3 Å². The van der Waals surface area contributed by atoms with Crippen LogP contribution in [0.2, 0.25) is 0 Å². The minimum absolute atomic E-state index is 0.522. The Labute approximate surface area is 118 Å². The molecule has 2 aliphatic rings. The van der Waals surface area contributed by atoms with Gasteiger partial charge in [0.25, 0.3) is 0 Å². The van der Waals surface area contributed by atoms with Crippen molar-refractivity contribution in [2.45, 2.75) is 44.3 Å². The van der Waals surface area contributed by atoms with Crippen LogP contribution in [0.25, 0.3) is 0 Å². The summed E-state index contributed by atoms with van der Waals surface area (Å²) in [4.78, 5) is 2.60. The summed E-state index contributed by atoms with van der Waals surface area (Å²) in [6.07, 6.45) is 4.07. The van der Waals surface area contributed by atoms with Crippen LogP contribution >= 0.6 is 15.9 Å². The average Bonchev–Trinajstić information content (AvgIpc) is 3.04. The van der Waals surface area contributed by atoms with Crippen LogP contribution in [0, 0.1) is 0 Å². The first-order chi connectivity index (χ1) is 8.72. The van der Waals surface area contributed by atoms with Crippen LogP contribution in [0.5, 0.6) is 0 Å².